The zero-order chi connectivity index (χ0) is 12.4. The molecule has 0 N–H and O–H groups in total. The van der Waals surface area contributed by atoms with E-state index < -0.39 is 0 Å². The normalized spacial score (nSPS) is 15.3. The van der Waals surface area contributed by atoms with Crippen LogP contribution in [0.25, 0.3) is 0 Å². The summed E-state index contributed by atoms with van der Waals surface area (Å²) in [4.78, 5) is 2.12. The van der Waals surface area contributed by atoms with Crippen LogP contribution in [0.15, 0.2) is 29.8 Å². The summed E-state index contributed by atoms with van der Waals surface area (Å²) in [5, 5.41) is 1.04. The minimum absolute atomic E-state index is 0.261. The summed E-state index contributed by atoms with van der Waals surface area (Å²) in [6.07, 6.45) is 2.27. The molecule has 2 rings (SSSR count). The lowest BCUT2D eigenvalue weighted by molar-refractivity contribution is 0.277. The summed E-state index contributed by atoms with van der Waals surface area (Å²) >= 11 is 11.8. The molecule has 0 aromatic heterocycles. The highest BCUT2D eigenvalue weighted by atomic mass is 35.5. The number of rotatable bonds is 5. The number of hydrogen-bond acceptors (Lipinski definition) is 1. The summed E-state index contributed by atoms with van der Waals surface area (Å²) in [5.41, 5.74) is 0.541. The van der Waals surface area contributed by atoms with Crippen molar-refractivity contribution in [3.8, 4) is 0 Å². The maximum absolute atomic E-state index is 13.7. The molecule has 4 heteroatoms. The van der Waals surface area contributed by atoms with Gasteiger partial charge >= 0.3 is 0 Å². The summed E-state index contributed by atoms with van der Waals surface area (Å²) < 4.78 is 13.7. The van der Waals surface area contributed by atoms with Crippen LogP contribution < -0.4 is 0 Å². The predicted molar refractivity (Wildman–Crippen MR) is 69.8 cm³/mol. The molecule has 1 nitrogen and oxygen atoms in total. The van der Waals surface area contributed by atoms with Crippen LogP contribution in [-0.4, -0.2) is 17.5 Å². The molecule has 1 fully saturated rings. The lowest BCUT2D eigenvalue weighted by atomic mass is 10.2. The Balaban J connectivity index is 2.14. The van der Waals surface area contributed by atoms with Crippen LogP contribution >= 0.6 is 23.2 Å². The van der Waals surface area contributed by atoms with Gasteiger partial charge in [0.15, 0.2) is 0 Å². The fourth-order valence-electron chi connectivity index (χ4n) is 1.86. The van der Waals surface area contributed by atoms with Crippen LogP contribution in [0.1, 0.15) is 18.4 Å². The van der Waals surface area contributed by atoms with Gasteiger partial charge < -0.3 is 0 Å². The average Bonchev–Trinajstić information content (AvgIpc) is 3.05. The average molecular weight is 274 g/mol. The molecule has 1 aliphatic rings. The maximum atomic E-state index is 13.7. The first-order valence-electron chi connectivity index (χ1n) is 5.58. The summed E-state index contributed by atoms with van der Waals surface area (Å²) in [7, 11) is 0. The van der Waals surface area contributed by atoms with E-state index in [0.717, 1.165) is 12.8 Å². The van der Waals surface area contributed by atoms with E-state index in [1.165, 1.54) is 6.07 Å². The third kappa shape index (κ3) is 3.44. The minimum Gasteiger partial charge on any atom is -0.291 e. The van der Waals surface area contributed by atoms with Crippen molar-refractivity contribution < 1.29 is 4.39 Å². The van der Waals surface area contributed by atoms with E-state index in [1.807, 2.05) is 0 Å². The van der Waals surface area contributed by atoms with Crippen LogP contribution in [0.2, 0.25) is 5.02 Å². The largest absolute Gasteiger partial charge is 0.291 e. The third-order valence-corrected chi connectivity index (χ3v) is 3.33. The standard InChI is InChI=1S/C13H14Cl2FN/c1-9(14)7-17(10-5-6-10)8-11-12(15)3-2-4-13(11)16/h2-4,10H,1,5-8H2. The van der Waals surface area contributed by atoms with Crippen molar-refractivity contribution in [1.29, 1.82) is 0 Å². The van der Waals surface area contributed by atoms with Crippen molar-refractivity contribution in [1.82, 2.24) is 4.90 Å². The minimum atomic E-state index is -0.261. The van der Waals surface area contributed by atoms with Crippen LogP contribution in [-0.2, 0) is 6.54 Å². The fraction of sp³-hybridized carbons (Fsp3) is 0.385. The highest BCUT2D eigenvalue weighted by Gasteiger charge is 2.29. The van der Waals surface area contributed by atoms with E-state index in [2.05, 4.69) is 11.5 Å². The Hall–Kier alpha value is -0.570. The van der Waals surface area contributed by atoms with Gasteiger partial charge in [-0.1, -0.05) is 35.8 Å². The molecule has 0 bridgehead atoms. The summed E-state index contributed by atoms with van der Waals surface area (Å²) in [6.45, 7) is 4.76. The molecule has 0 amide bonds. The molecule has 92 valence electrons. The van der Waals surface area contributed by atoms with E-state index in [4.69, 9.17) is 23.2 Å². The Bertz CT molecular complexity index is 409. The van der Waals surface area contributed by atoms with Crippen LogP contribution in [0.4, 0.5) is 4.39 Å². The second kappa shape index (κ2) is 5.38. The van der Waals surface area contributed by atoms with Gasteiger partial charge in [-0.05, 0) is 25.0 Å². The molecule has 1 saturated carbocycles. The fourth-order valence-corrected chi connectivity index (χ4v) is 2.24. The molecule has 1 aromatic rings. The van der Waals surface area contributed by atoms with Gasteiger partial charge in [0, 0.05) is 34.7 Å². The van der Waals surface area contributed by atoms with Gasteiger partial charge in [-0.15, -0.1) is 0 Å². The summed E-state index contributed by atoms with van der Waals surface area (Å²) in [6, 6.07) is 5.24. The van der Waals surface area contributed by atoms with Crippen LogP contribution in [0, 0.1) is 5.82 Å². The SMILES string of the molecule is C=C(Cl)CN(Cc1c(F)cccc1Cl)C1CC1. The van der Waals surface area contributed by atoms with Crippen molar-refractivity contribution in [2.24, 2.45) is 0 Å². The smallest absolute Gasteiger partial charge is 0.129 e. The first-order valence-corrected chi connectivity index (χ1v) is 6.33. The van der Waals surface area contributed by atoms with Gasteiger partial charge in [0.1, 0.15) is 5.82 Å². The van der Waals surface area contributed by atoms with E-state index in [-0.39, 0.29) is 5.82 Å². The van der Waals surface area contributed by atoms with E-state index in [0.29, 0.717) is 34.7 Å². The van der Waals surface area contributed by atoms with E-state index >= 15 is 0 Å². The zero-order valence-electron chi connectivity index (χ0n) is 9.43. The van der Waals surface area contributed by atoms with Crippen LogP contribution in [0.3, 0.4) is 0 Å². The Morgan fingerprint density at radius 3 is 2.71 bits per heavy atom. The number of hydrogen-bond donors (Lipinski definition) is 0. The molecule has 0 spiro atoms. The predicted octanol–water partition coefficient (Wildman–Crippen LogP) is 4.20. The molecule has 0 saturated heterocycles. The van der Waals surface area contributed by atoms with Gasteiger partial charge in [-0.2, -0.15) is 0 Å². The molecular formula is C13H14Cl2FN. The van der Waals surface area contributed by atoms with Crippen molar-refractivity contribution >= 4 is 23.2 Å². The van der Waals surface area contributed by atoms with Gasteiger partial charge in [0.25, 0.3) is 0 Å². The quantitative estimate of drug-likeness (QED) is 0.778. The van der Waals surface area contributed by atoms with Gasteiger partial charge in [0.05, 0.1) is 0 Å². The zero-order valence-corrected chi connectivity index (χ0v) is 10.9. The topological polar surface area (TPSA) is 3.24 Å². The maximum Gasteiger partial charge on any atom is 0.129 e. The molecule has 0 radical (unpaired) electrons. The molecule has 0 aliphatic heterocycles. The lowest BCUT2D eigenvalue weighted by Gasteiger charge is -2.22. The van der Waals surface area contributed by atoms with Crippen LogP contribution in [0.5, 0.6) is 0 Å². The van der Waals surface area contributed by atoms with Gasteiger partial charge in [0.2, 0.25) is 0 Å². The van der Waals surface area contributed by atoms with Crippen molar-refractivity contribution in [2.75, 3.05) is 6.54 Å². The molecule has 0 atom stereocenters. The first kappa shape index (κ1) is 12.9. The van der Waals surface area contributed by atoms with E-state index in [1.54, 1.807) is 12.1 Å². The molecule has 17 heavy (non-hydrogen) atoms. The molecule has 0 heterocycles. The highest BCUT2D eigenvalue weighted by molar-refractivity contribution is 6.31. The molecule has 1 aliphatic carbocycles. The third-order valence-electron chi connectivity index (χ3n) is 2.86. The second-order valence-corrected chi connectivity index (χ2v) is 5.30. The molecule has 0 unspecified atom stereocenters. The number of halogens is 3. The van der Waals surface area contributed by atoms with Gasteiger partial charge in [-0.25, -0.2) is 4.39 Å². The van der Waals surface area contributed by atoms with Crippen molar-refractivity contribution in [3.05, 3.63) is 46.2 Å². The molecule has 1 aromatic carbocycles. The Labute approximate surface area is 111 Å². The first-order chi connectivity index (χ1) is 8.08. The monoisotopic (exact) mass is 273 g/mol. The number of benzene rings is 1. The number of nitrogens with zero attached hydrogens (tertiary/aromatic N) is 1. The van der Waals surface area contributed by atoms with E-state index in [9.17, 15) is 4.39 Å². The van der Waals surface area contributed by atoms with Crippen molar-refractivity contribution in [3.63, 3.8) is 0 Å². The summed E-state index contributed by atoms with van der Waals surface area (Å²) in [5.74, 6) is -0.261. The Kier molecular flexibility index (Phi) is 4.08. The Morgan fingerprint density at radius 2 is 2.18 bits per heavy atom. The second-order valence-electron chi connectivity index (χ2n) is 4.35. The van der Waals surface area contributed by atoms with Gasteiger partial charge in [-0.3, -0.25) is 4.90 Å². The lowest BCUT2D eigenvalue weighted by Crippen LogP contribution is -2.27. The van der Waals surface area contributed by atoms with Crippen molar-refractivity contribution in [2.45, 2.75) is 25.4 Å². The molecular weight excluding hydrogens is 260 g/mol. The Morgan fingerprint density at radius 1 is 1.47 bits per heavy atom. The highest BCUT2D eigenvalue weighted by Crippen LogP contribution is 2.31.